The van der Waals surface area contributed by atoms with Gasteiger partial charge in [0.1, 0.15) is 6.61 Å². The van der Waals surface area contributed by atoms with Crippen LogP contribution in [0.25, 0.3) is 0 Å². The fourth-order valence-corrected chi connectivity index (χ4v) is 1.98. The molecule has 0 aromatic heterocycles. The SMILES string of the molecule is O=C1COCc2c(Br)cccc2C1. The number of halogens is 1. The molecule has 1 heterocycles. The third kappa shape index (κ3) is 1.81. The Kier molecular flexibility index (Phi) is 2.47. The van der Waals surface area contributed by atoms with Crippen molar-refractivity contribution < 1.29 is 9.53 Å². The van der Waals surface area contributed by atoms with Crippen LogP contribution in [0.2, 0.25) is 0 Å². The molecule has 2 nitrogen and oxygen atoms in total. The van der Waals surface area contributed by atoms with E-state index in [9.17, 15) is 4.79 Å². The minimum absolute atomic E-state index is 0.150. The zero-order valence-electron chi connectivity index (χ0n) is 7.05. The molecule has 0 spiro atoms. The molecule has 2 rings (SSSR count). The Morgan fingerprint density at radius 3 is 3.00 bits per heavy atom. The number of Topliss-reactive ketones (excluding diaryl/α,β-unsaturated/α-hetero) is 1. The van der Waals surface area contributed by atoms with Gasteiger partial charge < -0.3 is 4.74 Å². The van der Waals surface area contributed by atoms with Gasteiger partial charge in [0.2, 0.25) is 0 Å². The third-order valence-corrected chi connectivity index (χ3v) is 2.86. The summed E-state index contributed by atoms with van der Waals surface area (Å²) in [6.45, 7) is 0.767. The van der Waals surface area contributed by atoms with E-state index in [1.807, 2.05) is 18.2 Å². The van der Waals surface area contributed by atoms with Crippen LogP contribution in [0.3, 0.4) is 0 Å². The lowest BCUT2D eigenvalue weighted by molar-refractivity contribution is -0.122. The highest BCUT2D eigenvalue weighted by Crippen LogP contribution is 2.23. The van der Waals surface area contributed by atoms with Gasteiger partial charge in [-0.1, -0.05) is 28.1 Å². The number of hydrogen-bond donors (Lipinski definition) is 0. The standard InChI is InChI=1S/C10H9BrO2/c11-10-3-1-2-7-4-8(12)5-13-6-9(7)10/h1-3H,4-6H2. The van der Waals surface area contributed by atoms with Gasteiger partial charge in [0, 0.05) is 10.9 Å². The van der Waals surface area contributed by atoms with Crippen molar-refractivity contribution in [1.82, 2.24) is 0 Å². The summed E-state index contributed by atoms with van der Waals surface area (Å²) in [5.74, 6) is 0.150. The fraction of sp³-hybridized carbons (Fsp3) is 0.300. The number of rotatable bonds is 0. The topological polar surface area (TPSA) is 26.3 Å². The lowest BCUT2D eigenvalue weighted by Gasteiger charge is -2.05. The van der Waals surface area contributed by atoms with Crippen LogP contribution in [-0.2, 0) is 22.6 Å². The molecular weight excluding hydrogens is 232 g/mol. The van der Waals surface area contributed by atoms with Gasteiger partial charge in [-0.25, -0.2) is 0 Å². The summed E-state index contributed by atoms with van der Waals surface area (Å²) in [7, 11) is 0. The molecule has 0 amide bonds. The van der Waals surface area contributed by atoms with Gasteiger partial charge in [-0.3, -0.25) is 4.79 Å². The van der Waals surface area contributed by atoms with Gasteiger partial charge in [-0.2, -0.15) is 0 Å². The minimum Gasteiger partial charge on any atom is -0.369 e. The highest BCUT2D eigenvalue weighted by Gasteiger charge is 2.15. The van der Waals surface area contributed by atoms with Crippen LogP contribution in [0, 0.1) is 0 Å². The van der Waals surface area contributed by atoms with E-state index in [2.05, 4.69) is 15.9 Å². The normalized spacial score (nSPS) is 16.5. The van der Waals surface area contributed by atoms with Crippen LogP contribution in [0.4, 0.5) is 0 Å². The van der Waals surface area contributed by atoms with Crippen LogP contribution in [-0.4, -0.2) is 12.4 Å². The molecule has 68 valence electrons. The summed E-state index contributed by atoms with van der Waals surface area (Å²) in [5, 5.41) is 0. The first kappa shape index (κ1) is 8.91. The first-order chi connectivity index (χ1) is 6.27. The Morgan fingerprint density at radius 2 is 2.15 bits per heavy atom. The molecule has 3 heteroatoms. The van der Waals surface area contributed by atoms with E-state index in [4.69, 9.17) is 4.74 Å². The lowest BCUT2D eigenvalue weighted by atomic mass is 10.0. The van der Waals surface area contributed by atoms with Crippen molar-refractivity contribution in [2.24, 2.45) is 0 Å². The van der Waals surface area contributed by atoms with E-state index in [-0.39, 0.29) is 12.4 Å². The number of benzene rings is 1. The minimum atomic E-state index is 0.150. The molecule has 0 saturated heterocycles. The molecule has 0 saturated carbocycles. The van der Waals surface area contributed by atoms with Crippen molar-refractivity contribution in [2.75, 3.05) is 6.61 Å². The maximum atomic E-state index is 11.2. The Morgan fingerprint density at radius 1 is 1.31 bits per heavy atom. The van der Waals surface area contributed by atoms with Crippen molar-refractivity contribution in [2.45, 2.75) is 13.0 Å². The van der Waals surface area contributed by atoms with Gasteiger partial charge in [-0.05, 0) is 17.2 Å². The molecule has 1 aliphatic heterocycles. The zero-order valence-corrected chi connectivity index (χ0v) is 8.63. The maximum Gasteiger partial charge on any atom is 0.162 e. The van der Waals surface area contributed by atoms with Crippen molar-refractivity contribution in [3.8, 4) is 0 Å². The molecule has 0 bridgehead atoms. The molecule has 1 aliphatic rings. The number of hydrogen-bond acceptors (Lipinski definition) is 2. The van der Waals surface area contributed by atoms with E-state index < -0.39 is 0 Å². The molecule has 0 fully saturated rings. The smallest absolute Gasteiger partial charge is 0.162 e. The molecule has 13 heavy (non-hydrogen) atoms. The number of ether oxygens (including phenoxy) is 1. The monoisotopic (exact) mass is 240 g/mol. The van der Waals surface area contributed by atoms with Crippen LogP contribution in [0.5, 0.6) is 0 Å². The van der Waals surface area contributed by atoms with E-state index in [1.54, 1.807) is 0 Å². The second-order valence-corrected chi connectivity index (χ2v) is 3.94. The van der Waals surface area contributed by atoms with Crippen molar-refractivity contribution in [3.63, 3.8) is 0 Å². The molecule has 0 radical (unpaired) electrons. The largest absolute Gasteiger partial charge is 0.369 e. The molecule has 0 atom stereocenters. The summed E-state index contributed by atoms with van der Waals surface area (Å²) < 4.78 is 6.26. The van der Waals surface area contributed by atoms with E-state index in [0.29, 0.717) is 13.0 Å². The van der Waals surface area contributed by atoms with Gasteiger partial charge in [0.15, 0.2) is 5.78 Å². The van der Waals surface area contributed by atoms with Crippen LogP contribution in [0.1, 0.15) is 11.1 Å². The summed E-state index contributed by atoms with van der Waals surface area (Å²) in [6, 6.07) is 5.90. The van der Waals surface area contributed by atoms with Gasteiger partial charge in [0.25, 0.3) is 0 Å². The van der Waals surface area contributed by atoms with Crippen LogP contribution < -0.4 is 0 Å². The number of carbonyl (C=O) groups is 1. The van der Waals surface area contributed by atoms with Gasteiger partial charge in [0.05, 0.1) is 6.61 Å². The summed E-state index contributed by atoms with van der Waals surface area (Å²) in [6.07, 6.45) is 0.495. The van der Waals surface area contributed by atoms with Crippen LogP contribution >= 0.6 is 15.9 Å². The summed E-state index contributed by atoms with van der Waals surface area (Å²) in [5.41, 5.74) is 2.19. The first-order valence-electron chi connectivity index (χ1n) is 4.13. The van der Waals surface area contributed by atoms with Crippen LogP contribution in [0.15, 0.2) is 22.7 Å². The molecule has 0 unspecified atom stereocenters. The number of carbonyl (C=O) groups excluding carboxylic acids is 1. The quantitative estimate of drug-likeness (QED) is 0.695. The predicted molar refractivity (Wildman–Crippen MR) is 52.5 cm³/mol. The maximum absolute atomic E-state index is 11.2. The molecular formula is C10H9BrO2. The third-order valence-electron chi connectivity index (χ3n) is 2.11. The molecule has 1 aromatic carbocycles. The second kappa shape index (κ2) is 3.60. The van der Waals surface area contributed by atoms with Crippen molar-refractivity contribution >= 4 is 21.7 Å². The summed E-state index contributed by atoms with van der Waals surface area (Å²) >= 11 is 3.45. The average molecular weight is 241 g/mol. The number of ketones is 1. The molecule has 0 aliphatic carbocycles. The Bertz CT molecular complexity index is 347. The lowest BCUT2D eigenvalue weighted by Crippen LogP contribution is -2.06. The Labute approximate surface area is 85.0 Å². The van der Waals surface area contributed by atoms with E-state index >= 15 is 0 Å². The highest BCUT2D eigenvalue weighted by molar-refractivity contribution is 9.10. The Balaban J connectivity index is 2.45. The summed E-state index contributed by atoms with van der Waals surface area (Å²) in [4.78, 5) is 11.2. The Hall–Kier alpha value is -0.670. The van der Waals surface area contributed by atoms with Crippen molar-refractivity contribution in [1.29, 1.82) is 0 Å². The average Bonchev–Trinajstić information content (AvgIpc) is 2.27. The van der Waals surface area contributed by atoms with Gasteiger partial charge in [-0.15, -0.1) is 0 Å². The second-order valence-electron chi connectivity index (χ2n) is 3.09. The fourth-order valence-electron chi connectivity index (χ4n) is 1.46. The van der Waals surface area contributed by atoms with E-state index in [0.717, 1.165) is 15.6 Å². The number of fused-ring (bicyclic) bond motifs is 1. The molecule has 0 N–H and O–H groups in total. The van der Waals surface area contributed by atoms with Gasteiger partial charge >= 0.3 is 0 Å². The predicted octanol–water partition coefficient (Wildman–Crippen LogP) is 2.09. The van der Waals surface area contributed by atoms with E-state index in [1.165, 1.54) is 0 Å². The van der Waals surface area contributed by atoms with Crippen molar-refractivity contribution in [3.05, 3.63) is 33.8 Å². The molecule has 1 aromatic rings. The zero-order chi connectivity index (χ0) is 9.26. The first-order valence-corrected chi connectivity index (χ1v) is 4.92. The highest BCUT2D eigenvalue weighted by atomic mass is 79.9.